The number of aliphatic hydroxyl groups excluding tert-OH is 2. The lowest BCUT2D eigenvalue weighted by molar-refractivity contribution is -0.140. The third-order valence-electron chi connectivity index (χ3n) is 6.83. The number of nitrogens with one attached hydrogen (secondary N) is 2. The molecule has 0 saturated carbocycles. The maximum Gasteiger partial charge on any atom is 0.351 e. The minimum Gasteiger partial charge on any atom is -0.394 e. The van der Waals surface area contributed by atoms with Crippen molar-refractivity contribution in [1.29, 1.82) is 0 Å². The van der Waals surface area contributed by atoms with Crippen LogP contribution in [-0.2, 0) is 4.74 Å². The van der Waals surface area contributed by atoms with Crippen molar-refractivity contribution in [2.75, 3.05) is 18.5 Å². The molecule has 0 spiro atoms. The average Bonchev–Trinajstić information content (AvgIpc) is 3.19. The summed E-state index contributed by atoms with van der Waals surface area (Å²) in [6.07, 6.45) is 8.85. The SMILES string of the molecule is CCCCCCCCCCCCNC(=O)c1nccnc1C(=O)Nc1ccn([C@@H]2O[C@H](CO)[C@@H](O)C2(F)F)c(=O)n1. The molecule has 2 aromatic heterocycles. The molecule has 14 heteroatoms. The van der Waals surface area contributed by atoms with Crippen molar-refractivity contribution in [3.63, 3.8) is 0 Å². The quantitative estimate of drug-likeness (QED) is 0.218. The first-order chi connectivity index (χ1) is 19.7. The van der Waals surface area contributed by atoms with Gasteiger partial charge in [-0.1, -0.05) is 64.7 Å². The number of hydrogen-bond acceptors (Lipinski definition) is 9. The summed E-state index contributed by atoms with van der Waals surface area (Å²) in [6, 6.07) is 1.07. The summed E-state index contributed by atoms with van der Waals surface area (Å²) in [4.78, 5) is 49.4. The molecular formula is C27H38F2N6O6. The molecule has 226 valence electrons. The summed E-state index contributed by atoms with van der Waals surface area (Å²) in [7, 11) is 0. The molecule has 1 fully saturated rings. The highest BCUT2D eigenvalue weighted by Crippen LogP contribution is 2.42. The van der Waals surface area contributed by atoms with Gasteiger partial charge in [0.25, 0.3) is 11.8 Å². The van der Waals surface area contributed by atoms with E-state index in [2.05, 4.69) is 32.5 Å². The van der Waals surface area contributed by atoms with Gasteiger partial charge in [0.05, 0.1) is 6.61 Å². The molecule has 12 nitrogen and oxygen atoms in total. The highest BCUT2D eigenvalue weighted by molar-refractivity contribution is 6.09. The Bertz CT molecular complexity index is 1210. The molecule has 3 atom stereocenters. The minimum atomic E-state index is -3.88. The molecule has 1 aliphatic heterocycles. The van der Waals surface area contributed by atoms with E-state index in [4.69, 9.17) is 9.84 Å². The lowest BCUT2D eigenvalue weighted by atomic mass is 10.1. The van der Waals surface area contributed by atoms with Gasteiger partial charge >= 0.3 is 11.6 Å². The van der Waals surface area contributed by atoms with Crippen LogP contribution in [0.1, 0.15) is 98.3 Å². The number of carbonyl (C=O) groups is 2. The predicted octanol–water partition coefficient (Wildman–Crippen LogP) is 2.82. The Morgan fingerprint density at radius 2 is 1.59 bits per heavy atom. The van der Waals surface area contributed by atoms with Gasteiger partial charge in [-0.25, -0.2) is 14.8 Å². The number of aliphatic hydroxyl groups is 2. The monoisotopic (exact) mass is 580 g/mol. The molecule has 41 heavy (non-hydrogen) atoms. The van der Waals surface area contributed by atoms with Crippen molar-refractivity contribution < 1.29 is 33.3 Å². The van der Waals surface area contributed by atoms with Gasteiger partial charge in [-0.3, -0.25) is 14.2 Å². The van der Waals surface area contributed by atoms with Gasteiger partial charge in [0, 0.05) is 25.1 Å². The first-order valence-electron chi connectivity index (χ1n) is 14.0. The summed E-state index contributed by atoms with van der Waals surface area (Å²) in [5.41, 5.74) is -1.72. The molecule has 2 amide bonds. The lowest BCUT2D eigenvalue weighted by Crippen LogP contribution is -2.41. The number of rotatable bonds is 16. The van der Waals surface area contributed by atoms with Crippen molar-refractivity contribution >= 4 is 17.6 Å². The molecule has 0 radical (unpaired) electrons. The number of unbranched alkanes of at least 4 members (excludes halogenated alkanes) is 9. The van der Waals surface area contributed by atoms with E-state index in [1.165, 1.54) is 50.9 Å². The van der Waals surface area contributed by atoms with Crippen LogP contribution in [0.15, 0.2) is 29.5 Å². The van der Waals surface area contributed by atoms with Crippen molar-refractivity contribution in [3.05, 3.63) is 46.5 Å². The third kappa shape index (κ3) is 8.57. The van der Waals surface area contributed by atoms with Crippen LogP contribution in [0.2, 0.25) is 0 Å². The smallest absolute Gasteiger partial charge is 0.351 e. The van der Waals surface area contributed by atoms with E-state index < -0.39 is 48.5 Å². The van der Waals surface area contributed by atoms with Crippen molar-refractivity contribution in [1.82, 2.24) is 24.8 Å². The Balaban J connectivity index is 1.52. The van der Waals surface area contributed by atoms with Crippen LogP contribution in [0, 0.1) is 0 Å². The second kappa shape index (κ2) is 15.6. The first-order valence-corrected chi connectivity index (χ1v) is 14.0. The Labute approximate surface area is 236 Å². The Hall–Kier alpha value is -3.36. The Kier molecular flexibility index (Phi) is 12.2. The largest absolute Gasteiger partial charge is 0.394 e. The fourth-order valence-electron chi connectivity index (χ4n) is 4.52. The zero-order valence-corrected chi connectivity index (χ0v) is 23.1. The number of carbonyl (C=O) groups excluding carboxylic acids is 2. The first kappa shape index (κ1) is 32.2. The number of halogens is 2. The molecule has 0 aliphatic carbocycles. The molecule has 2 aromatic rings. The highest BCUT2D eigenvalue weighted by Gasteiger charge is 2.59. The van der Waals surface area contributed by atoms with Gasteiger partial charge in [0.15, 0.2) is 17.5 Å². The summed E-state index contributed by atoms with van der Waals surface area (Å²) < 4.78 is 34.2. The van der Waals surface area contributed by atoms with E-state index >= 15 is 0 Å². The van der Waals surface area contributed by atoms with Gasteiger partial charge in [-0.05, 0) is 12.5 Å². The number of alkyl halides is 2. The van der Waals surface area contributed by atoms with Crippen LogP contribution >= 0.6 is 0 Å². The fourth-order valence-corrected chi connectivity index (χ4v) is 4.52. The minimum absolute atomic E-state index is 0.214. The molecule has 0 unspecified atom stereocenters. The van der Waals surface area contributed by atoms with Crippen LogP contribution in [0.5, 0.6) is 0 Å². The third-order valence-corrected chi connectivity index (χ3v) is 6.83. The number of ether oxygens (including phenoxy) is 1. The van der Waals surface area contributed by atoms with E-state index in [0.717, 1.165) is 37.9 Å². The van der Waals surface area contributed by atoms with E-state index in [9.17, 15) is 28.3 Å². The summed E-state index contributed by atoms with van der Waals surface area (Å²) in [6.45, 7) is 1.73. The summed E-state index contributed by atoms with van der Waals surface area (Å²) >= 11 is 0. The number of nitrogens with zero attached hydrogens (tertiary/aromatic N) is 4. The average molecular weight is 581 g/mol. The maximum absolute atomic E-state index is 14.4. The fraction of sp³-hybridized carbons (Fsp3) is 0.630. The summed E-state index contributed by atoms with van der Waals surface area (Å²) in [5, 5.41) is 23.9. The van der Waals surface area contributed by atoms with E-state index in [1.54, 1.807) is 0 Å². The van der Waals surface area contributed by atoms with Crippen molar-refractivity contribution in [2.45, 2.75) is 95.5 Å². The molecular weight excluding hydrogens is 542 g/mol. The second-order valence-electron chi connectivity index (χ2n) is 9.98. The molecule has 4 N–H and O–H groups in total. The molecule has 3 rings (SSSR count). The van der Waals surface area contributed by atoms with Gasteiger partial charge in [0.1, 0.15) is 11.9 Å². The molecule has 0 aromatic carbocycles. The molecule has 3 heterocycles. The molecule has 0 bridgehead atoms. The second-order valence-corrected chi connectivity index (χ2v) is 9.98. The van der Waals surface area contributed by atoms with Gasteiger partial charge < -0.3 is 25.6 Å². The van der Waals surface area contributed by atoms with Crippen LogP contribution in [0.3, 0.4) is 0 Å². The van der Waals surface area contributed by atoms with Crippen LogP contribution < -0.4 is 16.3 Å². The van der Waals surface area contributed by atoms with E-state index in [-0.39, 0.29) is 17.2 Å². The Morgan fingerprint density at radius 1 is 1.00 bits per heavy atom. The van der Waals surface area contributed by atoms with Crippen molar-refractivity contribution in [2.24, 2.45) is 0 Å². The van der Waals surface area contributed by atoms with Crippen molar-refractivity contribution in [3.8, 4) is 0 Å². The van der Waals surface area contributed by atoms with Crippen LogP contribution in [-0.4, -0.2) is 72.8 Å². The number of anilines is 1. The number of hydrogen-bond donors (Lipinski definition) is 4. The van der Waals surface area contributed by atoms with E-state index in [1.807, 2.05) is 0 Å². The standard InChI is InChI=1S/C27H38F2N6O6/c1-2-3-4-5-6-7-8-9-10-11-13-32-23(38)20-21(31-15-14-30-20)24(39)33-19-12-16-35(26(40)34-19)25-27(28,29)22(37)18(17-36)41-25/h12,14-16,18,22,25,36-37H,2-11,13,17H2,1H3,(H,32,38)(H,33,34,39,40)/t18-,22-,25-/m1/s1. The zero-order valence-electron chi connectivity index (χ0n) is 23.1. The van der Waals surface area contributed by atoms with Gasteiger partial charge in [-0.2, -0.15) is 13.8 Å². The van der Waals surface area contributed by atoms with Crippen LogP contribution in [0.25, 0.3) is 0 Å². The topological polar surface area (TPSA) is 169 Å². The van der Waals surface area contributed by atoms with E-state index in [0.29, 0.717) is 11.1 Å². The normalized spacial score (nSPS) is 19.7. The van der Waals surface area contributed by atoms with Gasteiger partial charge in [0.2, 0.25) is 6.23 Å². The predicted molar refractivity (Wildman–Crippen MR) is 145 cm³/mol. The Morgan fingerprint density at radius 3 is 2.15 bits per heavy atom. The highest BCUT2D eigenvalue weighted by atomic mass is 19.3. The molecule has 1 saturated heterocycles. The zero-order chi connectivity index (χ0) is 29.8. The summed E-state index contributed by atoms with van der Waals surface area (Å²) in [5.74, 6) is -5.64. The lowest BCUT2D eigenvalue weighted by Gasteiger charge is -2.21. The number of amides is 2. The van der Waals surface area contributed by atoms with Crippen LogP contribution in [0.4, 0.5) is 14.6 Å². The number of aromatic nitrogens is 4. The van der Waals surface area contributed by atoms with Gasteiger partial charge in [-0.15, -0.1) is 0 Å². The maximum atomic E-state index is 14.4. The molecule has 1 aliphatic rings.